The number of carbonyl (C=O) groups is 4. The molecule has 0 fully saturated rings. The highest BCUT2D eigenvalue weighted by molar-refractivity contribution is 7.47. The first-order valence-electron chi connectivity index (χ1n) is 28.7. The number of hydrogen-bond acceptors (Lipinski definition) is 15. The molecule has 0 radical (unpaired) electrons. The topological polar surface area (TPSA) is 237 Å². The summed E-state index contributed by atoms with van der Waals surface area (Å²) < 4.78 is 67.3. The lowest BCUT2D eigenvalue weighted by Crippen LogP contribution is -2.30. The molecule has 3 N–H and O–H groups in total. The van der Waals surface area contributed by atoms with Gasteiger partial charge in [-0.2, -0.15) is 0 Å². The molecule has 0 aromatic heterocycles. The van der Waals surface area contributed by atoms with E-state index in [1.54, 1.807) is 0 Å². The zero-order valence-corrected chi connectivity index (χ0v) is 48.0. The van der Waals surface area contributed by atoms with Crippen molar-refractivity contribution in [2.24, 2.45) is 5.92 Å². The van der Waals surface area contributed by atoms with Crippen molar-refractivity contribution in [1.29, 1.82) is 0 Å². The van der Waals surface area contributed by atoms with Crippen LogP contribution in [-0.4, -0.2) is 96.7 Å². The van der Waals surface area contributed by atoms with Gasteiger partial charge in [0.25, 0.3) is 0 Å². The molecule has 6 atom stereocenters. The largest absolute Gasteiger partial charge is 0.472 e. The fraction of sp³-hybridized carbons (Fsp3) is 0.926. The van der Waals surface area contributed by atoms with Crippen LogP contribution in [0.2, 0.25) is 0 Å². The van der Waals surface area contributed by atoms with E-state index in [0.29, 0.717) is 25.7 Å². The summed E-state index contributed by atoms with van der Waals surface area (Å²) in [5.41, 5.74) is 0. The van der Waals surface area contributed by atoms with E-state index in [4.69, 9.17) is 37.0 Å². The Morgan fingerprint density at radius 2 is 0.658 bits per heavy atom. The molecule has 17 nitrogen and oxygen atoms in total. The summed E-state index contributed by atoms with van der Waals surface area (Å²) in [5, 5.41) is 10.4. The van der Waals surface area contributed by atoms with Crippen LogP contribution in [0.5, 0.6) is 0 Å². The normalized spacial score (nSPS) is 14.9. The fourth-order valence-corrected chi connectivity index (χ4v) is 9.36. The number of unbranched alkanes of at least 4 members (excludes halogenated alkanes) is 25. The second-order valence-electron chi connectivity index (χ2n) is 19.9. The first-order chi connectivity index (χ1) is 35.1. The highest BCUT2D eigenvalue weighted by Gasteiger charge is 2.30. The molecule has 73 heavy (non-hydrogen) atoms. The van der Waals surface area contributed by atoms with Crippen LogP contribution >= 0.6 is 15.6 Å². The van der Waals surface area contributed by atoms with E-state index in [1.165, 1.54) is 77.0 Å². The van der Waals surface area contributed by atoms with E-state index in [1.807, 2.05) is 0 Å². The number of hydrogen-bond donors (Lipinski definition) is 3. The third-order valence-electron chi connectivity index (χ3n) is 12.6. The van der Waals surface area contributed by atoms with E-state index < -0.39 is 97.5 Å². The van der Waals surface area contributed by atoms with Gasteiger partial charge in [0.15, 0.2) is 12.2 Å². The van der Waals surface area contributed by atoms with Gasteiger partial charge in [-0.05, 0) is 31.6 Å². The number of rotatable bonds is 54. The van der Waals surface area contributed by atoms with Gasteiger partial charge in [0.1, 0.15) is 19.3 Å². The number of esters is 4. The average molecular weight is 1090 g/mol. The van der Waals surface area contributed by atoms with E-state index in [0.717, 1.165) is 102 Å². The van der Waals surface area contributed by atoms with E-state index >= 15 is 0 Å². The van der Waals surface area contributed by atoms with Crippen molar-refractivity contribution in [3.05, 3.63) is 0 Å². The lowest BCUT2D eigenvalue weighted by molar-refractivity contribution is -0.161. The van der Waals surface area contributed by atoms with Crippen LogP contribution in [0.3, 0.4) is 0 Å². The predicted molar refractivity (Wildman–Crippen MR) is 285 cm³/mol. The molecule has 0 saturated heterocycles. The maximum Gasteiger partial charge on any atom is 0.472 e. The van der Waals surface area contributed by atoms with E-state index in [-0.39, 0.29) is 25.7 Å². The standard InChI is InChI=1S/C54H104O17P2/c1-6-10-13-16-18-20-22-28-33-38-52(57)65-44-50(71-54(59)40-35-30-25-24-27-31-36-47(5)9-4)46-69-73(62,63)67-42-48(55)41-66-72(60,61)68-45-49(43-64-51(56)37-32-26-15-12-8-3)70-53(58)39-34-29-23-21-19-17-14-11-7-2/h47-50,55H,6-46H2,1-5H3,(H,60,61)(H,62,63)/t47?,48-,49+,50+/m0/s1. The minimum atomic E-state index is -4.93. The third-order valence-corrected chi connectivity index (χ3v) is 14.5. The number of ether oxygens (including phenoxy) is 4. The van der Waals surface area contributed by atoms with Gasteiger partial charge in [0, 0.05) is 25.7 Å². The Morgan fingerprint density at radius 3 is 0.973 bits per heavy atom. The Kier molecular flexibility index (Phi) is 47.1. The van der Waals surface area contributed by atoms with E-state index in [2.05, 4.69) is 34.6 Å². The van der Waals surface area contributed by atoms with Gasteiger partial charge in [0.05, 0.1) is 26.4 Å². The zero-order chi connectivity index (χ0) is 54.3. The molecule has 19 heteroatoms. The van der Waals surface area contributed by atoms with Crippen molar-refractivity contribution >= 4 is 39.5 Å². The van der Waals surface area contributed by atoms with Crippen LogP contribution in [0.15, 0.2) is 0 Å². The van der Waals surface area contributed by atoms with Crippen LogP contribution in [-0.2, 0) is 65.4 Å². The Hall–Kier alpha value is -1.94. The van der Waals surface area contributed by atoms with Gasteiger partial charge in [-0.1, -0.05) is 208 Å². The van der Waals surface area contributed by atoms with Crippen molar-refractivity contribution in [2.75, 3.05) is 39.6 Å². The summed E-state index contributed by atoms with van der Waals surface area (Å²) in [7, 11) is -9.85. The number of phosphoric acid groups is 2. The van der Waals surface area contributed by atoms with Gasteiger partial charge >= 0.3 is 39.5 Å². The highest BCUT2D eigenvalue weighted by atomic mass is 31.2. The monoisotopic (exact) mass is 1090 g/mol. The fourth-order valence-electron chi connectivity index (χ4n) is 7.78. The average Bonchev–Trinajstić information content (AvgIpc) is 3.36. The SMILES string of the molecule is CCCCCCCCCCCC(=O)OC[C@H](COP(=O)(O)OC[C@@H](O)COP(=O)(O)OC[C@@H](COC(=O)CCCCCCC)OC(=O)CCCCCCCCCCC)OC(=O)CCCCCCCCC(C)CC. The zero-order valence-electron chi connectivity index (χ0n) is 46.3. The molecular weight excluding hydrogens is 983 g/mol. The molecule has 0 saturated carbocycles. The molecule has 0 aromatic carbocycles. The van der Waals surface area contributed by atoms with Crippen molar-refractivity contribution in [2.45, 2.75) is 278 Å². The number of carbonyl (C=O) groups excluding carboxylic acids is 4. The Bertz CT molecular complexity index is 1450. The molecule has 432 valence electrons. The second-order valence-corrected chi connectivity index (χ2v) is 22.8. The minimum Gasteiger partial charge on any atom is -0.462 e. The van der Waals surface area contributed by atoms with Crippen molar-refractivity contribution in [3.8, 4) is 0 Å². The molecular formula is C54H104O17P2. The quantitative estimate of drug-likeness (QED) is 0.0222. The smallest absolute Gasteiger partial charge is 0.462 e. The molecule has 0 bridgehead atoms. The maximum atomic E-state index is 12.9. The summed E-state index contributed by atoms with van der Waals surface area (Å²) >= 11 is 0. The molecule has 3 unspecified atom stereocenters. The first kappa shape index (κ1) is 71.1. The molecule has 0 aliphatic heterocycles. The summed E-state index contributed by atoms with van der Waals surface area (Å²) in [6.45, 7) is 6.94. The van der Waals surface area contributed by atoms with Crippen molar-refractivity contribution in [1.82, 2.24) is 0 Å². The Balaban J connectivity index is 5.19. The van der Waals surface area contributed by atoms with Gasteiger partial charge < -0.3 is 33.8 Å². The first-order valence-corrected chi connectivity index (χ1v) is 31.7. The van der Waals surface area contributed by atoms with Gasteiger partial charge in [-0.3, -0.25) is 37.3 Å². The maximum absolute atomic E-state index is 12.9. The molecule has 0 rings (SSSR count). The number of phosphoric ester groups is 2. The molecule has 0 heterocycles. The molecule has 0 aliphatic rings. The van der Waals surface area contributed by atoms with E-state index in [9.17, 15) is 43.2 Å². The number of aliphatic hydroxyl groups excluding tert-OH is 1. The lowest BCUT2D eigenvalue weighted by atomic mass is 10.00. The predicted octanol–water partition coefficient (Wildman–Crippen LogP) is 13.9. The van der Waals surface area contributed by atoms with Crippen molar-refractivity contribution < 1.29 is 80.2 Å². The number of aliphatic hydroxyl groups is 1. The van der Waals surface area contributed by atoms with Crippen LogP contribution in [0.1, 0.15) is 259 Å². The second kappa shape index (κ2) is 48.4. The Morgan fingerprint density at radius 1 is 0.384 bits per heavy atom. The summed E-state index contributed by atoms with van der Waals surface area (Å²) in [6.07, 6.45) is 28.4. The van der Waals surface area contributed by atoms with Gasteiger partial charge in [-0.15, -0.1) is 0 Å². The lowest BCUT2D eigenvalue weighted by Gasteiger charge is -2.21. The summed E-state index contributed by atoms with van der Waals surface area (Å²) in [6, 6.07) is 0. The third kappa shape index (κ3) is 48.2. The Labute approximate surface area is 441 Å². The van der Waals surface area contributed by atoms with Gasteiger partial charge in [0.2, 0.25) is 0 Å². The summed E-state index contributed by atoms with van der Waals surface area (Å²) in [4.78, 5) is 71.4. The molecule has 0 amide bonds. The minimum absolute atomic E-state index is 0.103. The van der Waals surface area contributed by atoms with Crippen LogP contribution in [0.25, 0.3) is 0 Å². The molecule has 0 aliphatic carbocycles. The highest BCUT2D eigenvalue weighted by Crippen LogP contribution is 2.45. The molecule has 0 aromatic rings. The molecule has 0 spiro atoms. The van der Waals surface area contributed by atoms with Crippen LogP contribution in [0, 0.1) is 5.92 Å². The van der Waals surface area contributed by atoms with Crippen molar-refractivity contribution in [3.63, 3.8) is 0 Å². The van der Waals surface area contributed by atoms with Crippen LogP contribution in [0.4, 0.5) is 0 Å². The van der Waals surface area contributed by atoms with Crippen LogP contribution < -0.4 is 0 Å². The van der Waals surface area contributed by atoms with Gasteiger partial charge in [-0.25, -0.2) is 9.13 Å². The summed E-state index contributed by atoms with van der Waals surface area (Å²) in [5.74, 6) is -1.44.